The number of ether oxygens (including phenoxy) is 9. The van der Waals surface area contributed by atoms with Gasteiger partial charge in [0.05, 0.1) is 42.7 Å². The van der Waals surface area contributed by atoms with Crippen LogP contribution < -0.4 is 42.6 Å². The van der Waals surface area contributed by atoms with Gasteiger partial charge in [-0.05, 0) is 86.3 Å². The molecule has 2 aliphatic heterocycles. The predicted molar refractivity (Wildman–Crippen MR) is 212 cm³/mol. The molecule has 0 spiro atoms. The largest absolute Gasteiger partial charge is 0.493 e. The van der Waals surface area contributed by atoms with Gasteiger partial charge >= 0.3 is 11.9 Å². The highest BCUT2D eigenvalue weighted by Crippen LogP contribution is 2.61. The number of carbonyl (C=O) groups excluding carboxylic acids is 2. The lowest BCUT2D eigenvalue weighted by molar-refractivity contribution is -0.132. The highest BCUT2D eigenvalue weighted by Gasteiger charge is 2.43. The molecule has 13 heteroatoms. The number of rotatable bonds is 12. The third-order valence-electron chi connectivity index (χ3n) is 11.3. The van der Waals surface area contributed by atoms with E-state index in [1.807, 2.05) is 30.3 Å². The molecular weight excluding hydrogens is 732 g/mol. The summed E-state index contributed by atoms with van der Waals surface area (Å²) in [5.74, 6) is 3.64. The van der Waals surface area contributed by atoms with Gasteiger partial charge in [-0.25, -0.2) is 0 Å². The van der Waals surface area contributed by atoms with Crippen molar-refractivity contribution in [3.05, 3.63) is 69.8 Å². The van der Waals surface area contributed by atoms with E-state index in [-0.39, 0.29) is 17.8 Å². The van der Waals surface area contributed by atoms with Gasteiger partial charge in [0, 0.05) is 67.3 Å². The van der Waals surface area contributed by atoms with Crippen LogP contribution in [0.5, 0.6) is 57.5 Å². The van der Waals surface area contributed by atoms with Crippen LogP contribution in [0, 0.1) is 0 Å². The van der Waals surface area contributed by atoms with Crippen molar-refractivity contribution in [2.75, 3.05) is 69.8 Å². The Morgan fingerprint density at radius 3 is 1.95 bits per heavy atom. The minimum Gasteiger partial charge on any atom is -0.493 e. The molecule has 2 heterocycles. The van der Waals surface area contributed by atoms with E-state index in [1.54, 1.807) is 41.6 Å². The van der Waals surface area contributed by atoms with E-state index in [2.05, 4.69) is 23.9 Å². The second-order valence-corrected chi connectivity index (χ2v) is 14.5. The van der Waals surface area contributed by atoms with Crippen molar-refractivity contribution < 1.29 is 52.2 Å². The first-order valence-corrected chi connectivity index (χ1v) is 18.9. The van der Waals surface area contributed by atoms with E-state index in [9.17, 15) is 9.59 Å². The van der Waals surface area contributed by atoms with Crippen LogP contribution in [0.1, 0.15) is 59.3 Å². The molecule has 0 fully saturated rings. The summed E-state index contributed by atoms with van der Waals surface area (Å²) in [5, 5.41) is 0. The number of fused-ring (bicyclic) bond motifs is 3. The molecule has 3 aliphatic rings. The highest BCUT2D eigenvalue weighted by molar-refractivity contribution is 5.93. The SMILES string of the molecule is COc1cc2c(cc1OC(C)=O)[C@H](Cc1ccc(OC)c(Oc3cc(OC)c(OC(C)=O)c4c3C[C@H]3c5c(c(OC)c(OC)c(OC)c5-4)CCN3C)c1)N(C)CC2. The molecule has 0 bridgehead atoms. The van der Waals surface area contributed by atoms with Crippen molar-refractivity contribution in [2.24, 2.45) is 0 Å². The van der Waals surface area contributed by atoms with Crippen LogP contribution in [-0.4, -0.2) is 91.6 Å². The number of carbonyl (C=O) groups is 2. The molecule has 0 N–H and O–H groups in total. The summed E-state index contributed by atoms with van der Waals surface area (Å²) in [7, 11) is 13.7. The molecule has 0 amide bonds. The molecule has 0 saturated heterocycles. The summed E-state index contributed by atoms with van der Waals surface area (Å²) >= 11 is 0. The zero-order valence-electron chi connectivity index (χ0n) is 34.2. The molecule has 4 aromatic rings. The number of likely N-dealkylation sites (N-methyl/N-ethyl adjacent to an activating group) is 2. The molecule has 1 aliphatic carbocycles. The number of benzene rings is 4. The standard InChI is InChI=1S/C44H50N2O11/c1-23(47)55-36-21-28-26(19-34(36)50-6)13-15-45(3)30(28)17-25-11-12-32(49-5)35(18-25)57-33-22-37(51-7)42(56-24(2)48)39-29(33)20-31-38-27(14-16-46(31)4)41(52-8)44(54-10)43(53-9)40(38)39/h11-12,18-19,21-22,30-31H,13-17,20H2,1-10H3/t30-,31-/m0/s1. The molecule has 0 unspecified atom stereocenters. The van der Waals surface area contributed by atoms with Gasteiger partial charge in [-0.15, -0.1) is 0 Å². The lowest BCUT2D eigenvalue weighted by Gasteiger charge is -2.42. The van der Waals surface area contributed by atoms with Crippen LogP contribution >= 0.6 is 0 Å². The third kappa shape index (κ3) is 7.03. The maximum absolute atomic E-state index is 12.7. The Hall–Kier alpha value is -5.66. The van der Waals surface area contributed by atoms with Crippen LogP contribution in [0.4, 0.5) is 0 Å². The third-order valence-corrected chi connectivity index (χ3v) is 11.3. The second-order valence-electron chi connectivity index (χ2n) is 14.5. The van der Waals surface area contributed by atoms with Gasteiger partial charge < -0.3 is 42.6 Å². The number of esters is 2. The maximum atomic E-state index is 12.7. The van der Waals surface area contributed by atoms with Crippen molar-refractivity contribution in [1.82, 2.24) is 9.80 Å². The van der Waals surface area contributed by atoms with E-state index in [0.717, 1.165) is 58.5 Å². The molecule has 2 atom stereocenters. The van der Waals surface area contributed by atoms with Crippen molar-refractivity contribution in [1.29, 1.82) is 0 Å². The average Bonchev–Trinajstić information content (AvgIpc) is 3.19. The van der Waals surface area contributed by atoms with E-state index >= 15 is 0 Å². The summed E-state index contributed by atoms with van der Waals surface area (Å²) in [6, 6.07) is 11.5. The smallest absolute Gasteiger partial charge is 0.308 e. The van der Waals surface area contributed by atoms with Gasteiger partial charge in [0.1, 0.15) is 5.75 Å². The summed E-state index contributed by atoms with van der Waals surface area (Å²) < 4.78 is 53.9. The van der Waals surface area contributed by atoms with Gasteiger partial charge in [0.2, 0.25) is 5.75 Å². The Balaban J connectivity index is 1.38. The zero-order chi connectivity index (χ0) is 40.7. The molecule has 0 saturated carbocycles. The highest BCUT2D eigenvalue weighted by atomic mass is 16.6. The minimum atomic E-state index is -0.501. The second kappa shape index (κ2) is 16.1. The molecule has 4 aromatic carbocycles. The van der Waals surface area contributed by atoms with E-state index < -0.39 is 11.9 Å². The van der Waals surface area contributed by atoms with Crippen LogP contribution in [-0.2, 0) is 35.3 Å². The Morgan fingerprint density at radius 1 is 0.614 bits per heavy atom. The normalized spacial score (nSPS) is 17.0. The fourth-order valence-electron chi connectivity index (χ4n) is 8.70. The molecule has 0 aromatic heterocycles. The molecular formula is C44H50N2O11. The number of methoxy groups -OCH3 is 6. The van der Waals surface area contributed by atoms with E-state index in [1.165, 1.54) is 21.0 Å². The maximum Gasteiger partial charge on any atom is 0.308 e. The lowest BCUT2D eigenvalue weighted by atomic mass is 9.75. The summed E-state index contributed by atoms with van der Waals surface area (Å²) in [4.78, 5) is 29.3. The predicted octanol–water partition coefficient (Wildman–Crippen LogP) is 6.90. The first-order chi connectivity index (χ1) is 27.5. The first-order valence-electron chi connectivity index (χ1n) is 18.9. The monoisotopic (exact) mass is 782 g/mol. The van der Waals surface area contributed by atoms with Crippen LogP contribution in [0.3, 0.4) is 0 Å². The van der Waals surface area contributed by atoms with E-state index in [0.29, 0.717) is 76.6 Å². The summed E-state index contributed by atoms with van der Waals surface area (Å²) in [6.45, 7) is 4.37. The van der Waals surface area contributed by atoms with Crippen molar-refractivity contribution >= 4 is 11.9 Å². The summed E-state index contributed by atoms with van der Waals surface area (Å²) in [6.07, 6.45) is 2.70. The molecule has 7 rings (SSSR count). The Kier molecular flexibility index (Phi) is 11.2. The topological polar surface area (TPSA) is 124 Å². The lowest BCUT2D eigenvalue weighted by Crippen LogP contribution is -2.36. The summed E-state index contributed by atoms with van der Waals surface area (Å²) in [5.41, 5.74) is 7.39. The number of hydrogen-bond acceptors (Lipinski definition) is 13. The fourth-order valence-corrected chi connectivity index (χ4v) is 8.70. The Bertz CT molecular complexity index is 2240. The van der Waals surface area contributed by atoms with E-state index in [4.69, 9.17) is 42.6 Å². The fraction of sp³-hybridized carbons (Fsp3) is 0.409. The van der Waals surface area contributed by atoms with Crippen molar-refractivity contribution in [3.8, 4) is 68.6 Å². The Morgan fingerprint density at radius 2 is 1.30 bits per heavy atom. The molecule has 302 valence electrons. The van der Waals surface area contributed by atoms with Gasteiger partial charge in [-0.3, -0.25) is 19.4 Å². The van der Waals surface area contributed by atoms with Gasteiger partial charge in [-0.2, -0.15) is 0 Å². The Labute approximate surface area is 333 Å². The number of nitrogens with zero attached hydrogens (tertiary/aromatic N) is 2. The van der Waals surface area contributed by atoms with Gasteiger partial charge in [0.25, 0.3) is 0 Å². The van der Waals surface area contributed by atoms with Gasteiger partial charge in [-0.1, -0.05) is 6.07 Å². The number of hydrogen-bond donors (Lipinski definition) is 0. The first kappa shape index (κ1) is 39.6. The molecule has 0 radical (unpaired) electrons. The minimum absolute atomic E-state index is 0.0296. The van der Waals surface area contributed by atoms with Crippen molar-refractivity contribution in [2.45, 2.75) is 51.6 Å². The van der Waals surface area contributed by atoms with Crippen LogP contribution in [0.2, 0.25) is 0 Å². The van der Waals surface area contributed by atoms with Gasteiger partial charge in [0.15, 0.2) is 46.0 Å². The van der Waals surface area contributed by atoms with Crippen LogP contribution in [0.15, 0.2) is 36.4 Å². The quantitative estimate of drug-likeness (QED) is 0.109. The van der Waals surface area contributed by atoms with Crippen LogP contribution in [0.25, 0.3) is 11.1 Å². The molecule has 57 heavy (non-hydrogen) atoms. The zero-order valence-corrected chi connectivity index (χ0v) is 34.2. The molecule has 13 nitrogen and oxygen atoms in total. The average molecular weight is 783 g/mol. The van der Waals surface area contributed by atoms with Crippen molar-refractivity contribution in [3.63, 3.8) is 0 Å².